The number of hydrogen-bond acceptors (Lipinski definition) is 3. The predicted molar refractivity (Wildman–Crippen MR) is 71.8 cm³/mol. The average molecular weight is 295 g/mol. The van der Waals surface area contributed by atoms with E-state index in [0.717, 1.165) is 22.3 Å². The van der Waals surface area contributed by atoms with Gasteiger partial charge in [0.2, 0.25) is 5.89 Å². The summed E-state index contributed by atoms with van der Waals surface area (Å²) >= 11 is 3.54. The molecule has 0 unspecified atom stereocenters. The van der Waals surface area contributed by atoms with Crippen LogP contribution in [0.5, 0.6) is 0 Å². The second kappa shape index (κ2) is 5.47. The van der Waals surface area contributed by atoms with Crippen molar-refractivity contribution in [1.29, 1.82) is 0 Å². The fourth-order valence-corrected chi connectivity index (χ4v) is 2.26. The number of oxazole rings is 1. The molecule has 4 heteroatoms. The van der Waals surface area contributed by atoms with E-state index < -0.39 is 0 Å². The van der Waals surface area contributed by atoms with Crippen LogP contribution in [0.25, 0.3) is 11.3 Å². The van der Waals surface area contributed by atoms with E-state index in [1.54, 1.807) is 6.20 Å². The number of benzene rings is 1. The molecule has 0 saturated carbocycles. The van der Waals surface area contributed by atoms with Crippen LogP contribution in [-0.4, -0.2) is 11.5 Å². The Morgan fingerprint density at radius 3 is 2.94 bits per heavy atom. The minimum Gasteiger partial charge on any atom is -0.439 e. The maximum absolute atomic E-state index is 5.69. The van der Waals surface area contributed by atoms with Gasteiger partial charge in [-0.2, -0.15) is 0 Å². The number of aromatic nitrogens is 1. The Morgan fingerprint density at radius 1 is 1.41 bits per heavy atom. The fraction of sp³-hybridized carbons (Fsp3) is 0.308. The molecule has 3 nitrogen and oxygen atoms in total. The summed E-state index contributed by atoms with van der Waals surface area (Å²) in [5.41, 5.74) is 2.25. The lowest BCUT2D eigenvalue weighted by Gasteiger charge is -2.01. The largest absolute Gasteiger partial charge is 0.439 e. The average Bonchev–Trinajstić information content (AvgIpc) is 2.75. The van der Waals surface area contributed by atoms with Gasteiger partial charge < -0.3 is 9.73 Å². The summed E-state index contributed by atoms with van der Waals surface area (Å²) in [6, 6.07) is 6.17. The molecule has 0 amide bonds. The number of aryl methyl sites for hydroxylation is 1. The normalized spacial score (nSPS) is 10.8. The highest BCUT2D eigenvalue weighted by molar-refractivity contribution is 9.10. The van der Waals surface area contributed by atoms with Crippen LogP contribution in [0.15, 0.2) is 33.3 Å². The molecule has 17 heavy (non-hydrogen) atoms. The molecule has 2 rings (SSSR count). The van der Waals surface area contributed by atoms with Crippen molar-refractivity contribution in [3.8, 4) is 11.3 Å². The van der Waals surface area contributed by atoms with Gasteiger partial charge in [-0.3, -0.25) is 0 Å². The summed E-state index contributed by atoms with van der Waals surface area (Å²) in [4.78, 5) is 4.24. The summed E-state index contributed by atoms with van der Waals surface area (Å²) in [7, 11) is 0. The zero-order chi connectivity index (χ0) is 12.3. The molecule has 0 aliphatic carbocycles. The second-order valence-electron chi connectivity index (χ2n) is 3.88. The summed E-state index contributed by atoms with van der Waals surface area (Å²) in [6.45, 7) is 5.69. The van der Waals surface area contributed by atoms with Gasteiger partial charge in [0.25, 0.3) is 0 Å². The summed E-state index contributed by atoms with van der Waals surface area (Å²) < 4.78 is 6.72. The molecule has 1 N–H and O–H groups in total. The number of halogens is 1. The molecule has 0 atom stereocenters. The minimum atomic E-state index is 0.667. The smallest absolute Gasteiger partial charge is 0.208 e. The molecular formula is C13H15BrN2O. The van der Waals surface area contributed by atoms with Gasteiger partial charge in [-0.25, -0.2) is 4.98 Å². The van der Waals surface area contributed by atoms with Gasteiger partial charge in [-0.15, -0.1) is 0 Å². The Morgan fingerprint density at radius 2 is 2.24 bits per heavy atom. The predicted octanol–water partition coefficient (Wildman–Crippen LogP) is 3.52. The lowest BCUT2D eigenvalue weighted by Crippen LogP contribution is -2.11. The molecule has 0 saturated heterocycles. The third-order valence-electron chi connectivity index (χ3n) is 2.47. The molecule has 1 aromatic heterocycles. The van der Waals surface area contributed by atoms with Gasteiger partial charge in [0.05, 0.1) is 12.7 Å². The highest BCUT2D eigenvalue weighted by Gasteiger charge is 2.09. The lowest BCUT2D eigenvalue weighted by atomic mass is 10.1. The van der Waals surface area contributed by atoms with Crippen molar-refractivity contribution in [2.45, 2.75) is 20.4 Å². The highest BCUT2D eigenvalue weighted by atomic mass is 79.9. The van der Waals surface area contributed by atoms with E-state index in [1.165, 1.54) is 5.56 Å². The van der Waals surface area contributed by atoms with Crippen molar-refractivity contribution in [3.63, 3.8) is 0 Å². The minimum absolute atomic E-state index is 0.667. The molecule has 1 aromatic carbocycles. The van der Waals surface area contributed by atoms with Crippen LogP contribution < -0.4 is 5.32 Å². The Bertz CT molecular complexity index is 508. The molecule has 0 bridgehead atoms. The van der Waals surface area contributed by atoms with Gasteiger partial charge in [0.1, 0.15) is 0 Å². The Balaban J connectivity index is 2.24. The Labute approximate surface area is 109 Å². The molecule has 90 valence electrons. The maximum Gasteiger partial charge on any atom is 0.208 e. The van der Waals surface area contributed by atoms with Crippen LogP contribution >= 0.6 is 15.9 Å². The van der Waals surface area contributed by atoms with Crippen molar-refractivity contribution >= 4 is 15.9 Å². The number of hydrogen-bond donors (Lipinski definition) is 1. The van der Waals surface area contributed by atoms with Crippen LogP contribution in [0.1, 0.15) is 18.4 Å². The van der Waals surface area contributed by atoms with Crippen molar-refractivity contribution in [2.24, 2.45) is 0 Å². The van der Waals surface area contributed by atoms with Crippen molar-refractivity contribution in [1.82, 2.24) is 10.3 Å². The Kier molecular flexibility index (Phi) is 3.97. The molecule has 0 aliphatic heterocycles. The van der Waals surface area contributed by atoms with Crippen molar-refractivity contribution in [3.05, 3.63) is 40.3 Å². The second-order valence-corrected chi connectivity index (χ2v) is 4.74. The fourth-order valence-electron chi connectivity index (χ4n) is 1.57. The molecule has 0 fully saturated rings. The monoisotopic (exact) mass is 294 g/mol. The van der Waals surface area contributed by atoms with E-state index >= 15 is 0 Å². The van der Waals surface area contributed by atoms with E-state index in [1.807, 2.05) is 6.07 Å². The maximum atomic E-state index is 5.69. The van der Waals surface area contributed by atoms with Gasteiger partial charge >= 0.3 is 0 Å². The summed E-state index contributed by atoms with van der Waals surface area (Å²) in [6.07, 6.45) is 1.77. The molecule has 2 aromatic rings. The van der Waals surface area contributed by atoms with Gasteiger partial charge in [0, 0.05) is 10.0 Å². The first-order valence-corrected chi connectivity index (χ1v) is 6.42. The van der Waals surface area contributed by atoms with E-state index in [4.69, 9.17) is 4.42 Å². The molecule has 0 aliphatic rings. The summed E-state index contributed by atoms with van der Waals surface area (Å²) in [5.74, 6) is 1.51. The molecular weight excluding hydrogens is 280 g/mol. The molecule has 0 spiro atoms. The van der Waals surface area contributed by atoms with E-state index in [-0.39, 0.29) is 0 Å². The van der Waals surface area contributed by atoms with E-state index in [9.17, 15) is 0 Å². The SMILES string of the molecule is CCNCc1ncc(-c2ccc(C)cc2Br)o1. The zero-order valence-corrected chi connectivity index (χ0v) is 11.5. The first-order valence-electron chi connectivity index (χ1n) is 5.62. The quantitative estimate of drug-likeness (QED) is 0.937. The van der Waals surface area contributed by atoms with E-state index in [2.05, 4.69) is 52.2 Å². The van der Waals surface area contributed by atoms with Gasteiger partial charge in [-0.05, 0) is 31.2 Å². The van der Waals surface area contributed by atoms with Crippen LogP contribution in [0, 0.1) is 6.92 Å². The number of nitrogens with one attached hydrogen (secondary N) is 1. The molecule has 1 heterocycles. The first kappa shape index (κ1) is 12.3. The van der Waals surface area contributed by atoms with Crippen LogP contribution in [-0.2, 0) is 6.54 Å². The van der Waals surface area contributed by atoms with E-state index in [0.29, 0.717) is 12.4 Å². The lowest BCUT2D eigenvalue weighted by molar-refractivity contribution is 0.482. The van der Waals surface area contributed by atoms with Crippen LogP contribution in [0.4, 0.5) is 0 Å². The Hall–Kier alpha value is -1.13. The topological polar surface area (TPSA) is 38.1 Å². The third kappa shape index (κ3) is 2.96. The molecule has 0 radical (unpaired) electrons. The zero-order valence-electron chi connectivity index (χ0n) is 9.96. The van der Waals surface area contributed by atoms with Gasteiger partial charge in [-0.1, -0.05) is 28.9 Å². The van der Waals surface area contributed by atoms with Gasteiger partial charge in [0.15, 0.2) is 5.76 Å². The third-order valence-corrected chi connectivity index (χ3v) is 3.13. The highest BCUT2D eigenvalue weighted by Crippen LogP contribution is 2.29. The van der Waals surface area contributed by atoms with Crippen molar-refractivity contribution in [2.75, 3.05) is 6.54 Å². The van der Waals surface area contributed by atoms with Crippen LogP contribution in [0.3, 0.4) is 0 Å². The summed E-state index contributed by atoms with van der Waals surface area (Å²) in [5, 5.41) is 3.19. The van der Waals surface area contributed by atoms with Crippen molar-refractivity contribution < 1.29 is 4.42 Å². The number of nitrogens with zero attached hydrogens (tertiary/aromatic N) is 1. The standard InChI is InChI=1S/C13H15BrN2O/c1-3-15-8-13-16-7-12(17-13)10-5-4-9(2)6-11(10)14/h4-7,15H,3,8H2,1-2H3. The number of rotatable bonds is 4. The van der Waals surface area contributed by atoms with Crippen LogP contribution in [0.2, 0.25) is 0 Å². The first-order chi connectivity index (χ1) is 8.20.